The quantitative estimate of drug-likeness (QED) is 0.929. The van der Waals surface area contributed by atoms with Crippen LogP contribution < -0.4 is 5.73 Å². The summed E-state index contributed by atoms with van der Waals surface area (Å²) in [5.74, 6) is 0.487. The lowest BCUT2D eigenvalue weighted by molar-refractivity contribution is 0.0687. The molecular formula is C16H21N5O. The van der Waals surface area contributed by atoms with Gasteiger partial charge in [-0.3, -0.25) is 4.79 Å². The van der Waals surface area contributed by atoms with Gasteiger partial charge < -0.3 is 10.6 Å². The monoisotopic (exact) mass is 299 g/mol. The topological polar surface area (TPSA) is 77.0 Å². The Morgan fingerprint density at radius 3 is 2.59 bits per heavy atom. The molecule has 0 saturated carbocycles. The molecule has 1 fully saturated rings. The molecule has 1 saturated heterocycles. The van der Waals surface area contributed by atoms with Crippen molar-refractivity contribution in [3.8, 4) is 5.69 Å². The lowest BCUT2D eigenvalue weighted by Gasteiger charge is -2.30. The van der Waals surface area contributed by atoms with Gasteiger partial charge >= 0.3 is 0 Å². The van der Waals surface area contributed by atoms with Crippen molar-refractivity contribution in [2.24, 2.45) is 11.7 Å². The number of carbonyl (C=O) groups is 1. The van der Waals surface area contributed by atoms with E-state index in [1.54, 1.807) is 10.9 Å². The normalized spacial score (nSPS) is 16.0. The van der Waals surface area contributed by atoms with Crippen molar-refractivity contribution in [2.75, 3.05) is 19.6 Å². The average molecular weight is 299 g/mol. The second-order valence-electron chi connectivity index (χ2n) is 5.86. The molecule has 6 heteroatoms. The van der Waals surface area contributed by atoms with Gasteiger partial charge in [-0.15, -0.1) is 5.10 Å². The Bertz CT molecular complexity index is 641. The third kappa shape index (κ3) is 3.01. The molecule has 116 valence electrons. The fourth-order valence-corrected chi connectivity index (χ4v) is 2.72. The van der Waals surface area contributed by atoms with E-state index >= 15 is 0 Å². The smallest absolute Gasteiger partial charge is 0.276 e. The van der Waals surface area contributed by atoms with E-state index in [9.17, 15) is 4.79 Å². The van der Waals surface area contributed by atoms with Gasteiger partial charge in [-0.2, -0.15) is 0 Å². The molecule has 0 radical (unpaired) electrons. The van der Waals surface area contributed by atoms with E-state index in [0.717, 1.165) is 31.6 Å². The summed E-state index contributed by atoms with van der Waals surface area (Å²) in [5, 5.41) is 8.09. The Hall–Kier alpha value is -2.21. The van der Waals surface area contributed by atoms with Gasteiger partial charge in [0.25, 0.3) is 5.91 Å². The Labute approximate surface area is 129 Å². The first-order chi connectivity index (χ1) is 10.7. The second kappa shape index (κ2) is 6.27. The van der Waals surface area contributed by atoms with Crippen LogP contribution in [0.15, 0.2) is 30.5 Å². The van der Waals surface area contributed by atoms with Crippen LogP contribution in [0.4, 0.5) is 0 Å². The molecule has 1 aliphatic heterocycles. The van der Waals surface area contributed by atoms with Crippen LogP contribution in [0, 0.1) is 12.8 Å². The summed E-state index contributed by atoms with van der Waals surface area (Å²) in [6, 6.07) is 7.95. The maximum atomic E-state index is 12.5. The SMILES string of the molecule is Cc1ccc(-n2cc(C(=O)N3CCC(CN)CC3)nn2)cc1. The number of aromatic nitrogens is 3. The summed E-state index contributed by atoms with van der Waals surface area (Å²) in [5.41, 5.74) is 8.17. The first-order valence-electron chi connectivity index (χ1n) is 7.66. The van der Waals surface area contributed by atoms with E-state index < -0.39 is 0 Å². The zero-order chi connectivity index (χ0) is 15.5. The van der Waals surface area contributed by atoms with E-state index in [-0.39, 0.29) is 5.91 Å². The van der Waals surface area contributed by atoms with Crippen LogP contribution in [0.3, 0.4) is 0 Å². The van der Waals surface area contributed by atoms with Crippen LogP contribution in [0.5, 0.6) is 0 Å². The molecule has 0 bridgehead atoms. The first kappa shape index (κ1) is 14.7. The molecule has 1 aliphatic rings. The van der Waals surface area contributed by atoms with Crippen molar-refractivity contribution in [1.82, 2.24) is 19.9 Å². The molecule has 0 atom stereocenters. The standard InChI is InChI=1S/C16H21N5O/c1-12-2-4-14(5-3-12)21-11-15(18-19-21)16(22)20-8-6-13(10-17)7-9-20/h2-5,11,13H,6-10,17H2,1H3. The minimum atomic E-state index is -0.0474. The number of amides is 1. The Balaban J connectivity index is 1.71. The second-order valence-corrected chi connectivity index (χ2v) is 5.86. The molecule has 22 heavy (non-hydrogen) atoms. The third-order valence-corrected chi connectivity index (χ3v) is 4.25. The number of benzene rings is 1. The molecule has 1 aromatic heterocycles. The van der Waals surface area contributed by atoms with Crippen LogP contribution >= 0.6 is 0 Å². The van der Waals surface area contributed by atoms with Crippen LogP contribution in [0.2, 0.25) is 0 Å². The zero-order valence-electron chi connectivity index (χ0n) is 12.8. The molecule has 3 rings (SSSR count). The minimum absolute atomic E-state index is 0.0474. The van der Waals surface area contributed by atoms with Gasteiger partial charge in [0.2, 0.25) is 0 Å². The fourth-order valence-electron chi connectivity index (χ4n) is 2.72. The largest absolute Gasteiger partial charge is 0.337 e. The number of hydrogen-bond donors (Lipinski definition) is 1. The Morgan fingerprint density at radius 2 is 1.95 bits per heavy atom. The van der Waals surface area contributed by atoms with Crippen molar-refractivity contribution < 1.29 is 4.79 Å². The first-order valence-corrected chi connectivity index (χ1v) is 7.66. The number of likely N-dealkylation sites (tertiary alicyclic amines) is 1. The number of nitrogens with zero attached hydrogens (tertiary/aromatic N) is 4. The van der Waals surface area contributed by atoms with Crippen molar-refractivity contribution in [3.63, 3.8) is 0 Å². The maximum Gasteiger partial charge on any atom is 0.276 e. The van der Waals surface area contributed by atoms with E-state index in [1.807, 2.05) is 36.1 Å². The highest BCUT2D eigenvalue weighted by atomic mass is 16.2. The number of aryl methyl sites for hydroxylation is 1. The van der Waals surface area contributed by atoms with Gasteiger partial charge in [0.05, 0.1) is 11.9 Å². The number of nitrogens with two attached hydrogens (primary N) is 1. The molecule has 2 N–H and O–H groups in total. The fraction of sp³-hybridized carbons (Fsp3) is 0.438. The minimum Gasteiger partial charge on any atom is -0.337 e. The molecule has 1 aromatic carbocycles. The van der Waals surface area contributed by atoms with Gasteiger partial charge in [-0.25, -0.2) is 4.68 Å². The molecule has 0 unspecified atom stereocenters. The summed E-state index contributed by atoms with van der Waals surface area (Å²) in [7, 11) is 0. The van der Waals surface area contributed by atoms with Crippen molar-refractivity contribution in [1.29, 1.82) is 0 Å². The lowest BCUT2D eigenvalue weighted by atomic mass is 9.97. The predicted molar refractivity (Wildman–Crippen MR) is 83.8 cm³/mol. The van der Waals surface area contributed by atoms with Crippen molar-refractivity contribution in [3.05, 3.63) is 41.7 Å². The van der Waals surface area contributed by atoms with Crippen LogP contribution in [0.25, 0.3) is 5.69 Å². The summed E-state index contributed by atoms with van der Waals surface area (Å²) >= 11 is 0. The number of rotatable bonds is 3. The third-order valence-electron chi connectivity index (χ3n) is 4.25. The maximum absolute atomic E-state index is 12.5. The van der Waals surface area contributed by atoms with Gasteiger partial charge in [0.1, 0.15) is 0 Å². The highest BCUT2D eigenvalue weighted by Crippen LogP contribution is 2.17. The molecular weight excluding hydrogens is 278 g/mol. The lowest BCUT2D eigenvalue weighted by Crippen LogP contribution is -2.40. The number of hydrogen-bond acceptors (Lipinski definition) is 4. The molecule has 0 aliphatic carbocycles. The molecule has 2 heterocycles. The van der Waals surface area contributed by atoms with Crippen LogP contribution in [-0.4, -0.2) is 45.4 Å². The molecule has 6 nitrogen and oxygen atoms in total. The van der Waals surface area contributed by atoms with Crippen LogP contribution in [-0.2, 0) is 0 Å². The Kier molecular flexibility index (Phi) is 4.20. The van der Waals surface area contributed by atoms with E-state index in [4.69, 9.17) is 5.73 Å². The molecule has 1 amide bonds. The van der Waals surface area contributed by atoms with Gasteiger partial charge in [0, 0.05) is 13.1 Å². The van der Waals surface area contributed by atoms with Crippen molar-refractivity contribution >= 4 is 5.91 Å². The van der Waals surface area contributed by atoms with Crippen molar-refractivity contribution in [2.45, 2.75) is 19.8 Å². The zero-order valence-corrected chi connectivity index (χ0v) is 12.8. The summed E-state index contributed by atoms with van der Waals surface area (Å²) in [4.78, 5) is 14.3. The Morgan fingerprint density at radius 1 is 1.27 bits per heavy atom. The highest BCUT2D eigenvalue weighted by molar-refractivity contribution is 5.92. The summed E-state index contributed by atoms with van der Waals surface area (Å²) in [6.45, 7) is 4.23. The van der Waals surface area contributed by atoms with Gasteiger partial charge in [0.15, 0.2) is 5.69 Å². The predicted octanol–water partition coefficient (Wildman–Crippen LogP) is 1.39. The van der Waals surface area contributed by atoms with E-state index in [0.29, 0.717) is 18.2 Å². The van der Waals surface area contributed by atoms with Gasteiger partial charge in [-0.1, -0.05) is 22.9 Å². The number of piperidine rings is 1. The van der Waals surface area contributed by atoms with E-state index in [2.05, 4.69) is 10.3 Å². The van der Waals surface area contributed by atoms with E-state index in [1.165, 1.54) is 5.56 Å². The summed E-state index contributed by atoms with van der Waals surface area (Å²) < 4.78 is 1.64. The van der Waals surface area contributed by atoms with Gasteiger partial charge in [-0.05, 0) is 44.4 Å². The average Bonchev–Trinajstić information content (AvgIpc) is 3.05. The molecule has 2 aromatic rings. The highest BCUT2D eigenvalue weighted by Gasteiger charge is 2.24. The number of carbonyl (C=O) groups excluding carboxylic acids is 1. The molecule has 0 spiro atoms. The summed E-state index contributed by atoms with van der Waals surface area (Å²) in [6.07, 6.45) is 3.63. The van der Waals surface area contributed by atoms with Crippen LogP contribution in [0.1, 0.15) is 28.9 Å².